The molecule has 0 unspecified atom stereocenters. The smallest absolute Gasteiger partial charge is 0.305 e. The Hall–Kier alpha value is -1.13. The predicted molar refractivity (Wildman–Crippen MR) is 78.3 cm³/mol. The number of carbonyl (C=O) groups excluding carboxylic acids is 1. The molecule has 20 heavy (non-hydrogen) atoms. The Labute approximate surface area is 121 Å². The molecule has 1 aliphatic heterocycles. The van der Waals surface area contributed by atoms with Gasteiger partial charge in [0.2, 0.25) is 0 Å². The first kappa shape index (κ1) is 16.9. The molecular weight excluding hydrogens is 256 g/mol. The summed E-state index contributed by atoms with van der Waals surface area (Å²) in [5, 5.41) is 0. The van der Waals surface area contributed by atoms with Crippen LogP contribution in [0.5, 0.6) is 0 Å². The minimum absolute atomic E-state index is 0.00833. The molecule has 0 radical (unpaired) electrons. The zero-order chi connectivity index (χ0) is 14.6. The monoisotopic (exact) mass is 282 g/mol. The van der Waals surface area contributed by atoms with Gasteiger partial charge in [-0.15, -0.1) is 0 Å². The number of rotatable bonds is 9. The van der Waals surface area contributed by atoms with Crippen molar-refractivity contribution in [2.24, 2.45) is 0 Å². The lowest BCUT2D eigenvalue weighted by Gasteiger charge is -2.08. The molecule has 0 bridgehead atoms. The second-order valence-corrected chi connectivity index (χ2v) is 4.85. The summed E-state index contributed by atoms with van der Waals surface area (Å²) in [6.45, 7) is 2.53. The van der Waals surface area contributed by atoms with Crippen LogP contribution in [0.1, 0.15) is 45.4 Å². The lowest BCUT2D eigenvalue weighted by molar-refractivity contribution is -0.140. The summed E-state index contributed by atoms with van der Waals surface area (Å²) in [6, 6.07) is 0. The minimum Gasteiger partial charge on any atom is -0.469 e. The van der Waals surface area contributed by atoms with Gasteiger partial charge < -0.3 is 14.2 Å². The number of allylic oxidation sites excluding steroid dienone is 2. The molecule has 0 amide bonds. The lowest BCUT2D eigenvalue weighted by atomic mass is 10.1. The Balaban J connectivity index is 2.26. The molecular formula is C16H26O4. The van der Waals surface area contributed by atoms with Crippen LogP contribution in [0.2, 0.25) is 0 Å². The van der Waals surface area contributed by atoms with Crippen LogP contribution >= 0.6 is 0 Å². The fourth-order valence-electron chi connectivity index (χ4n) is 1.99. The van der Waals surface area contributed by atoms with E-state index in [0.717, 1.165) is 6.42 Å². The van der Waals surface area contributed by atoms with Gasteiger partial charge in [-0.1, -0.05) is 44.1 Å². The van der Waals surface area contributed by atoms with E-state index in [4.69, 9.17) is 9.47 Å². The van der Waals surface area contributed by atoms with E-state index in [1.807, 2.05) is 12.2 Å². The van der Waals surface area contributed by atoms with Crippen molar-refractivity contribution in [2.75, 3.05) is 13.9 Å². The van der Waals surface area contributed by atoms with Crippen molar-refractivity contribution in [3.05, 3.63) is 24.3 Å². The first-order valence-electron chi connectivity index (χ1n) is 7.41. The van der Waals surface area contributed by atoms with Gasteiger partial charge in [-0.2, -0.15) is 0 Å². The van der Waals surface area contributed by atoms with E-state index in [9.17, 15) is 4.79 Å². The number of hydrogen-bond donors (Lipinski definition) is 0. The fraction of sp³-hybridized carbons (Fsp3) is 0.688. The van der Waals surface area contributed by atoms with Crippen LogP contribution in [-0.4, -0.2) is 32.1 Å². The van der Waals surface area contributed by atoms with Crippen LogP contribution in [0.4, 0.5) is 0 Å². The van der Waals surface area contributed by atoms with Crippen LogP contribution in [0.15, 0.2) is 24.3 Å². The lowest BCUT2D eigenvalue weighted by Crippen LogP contribution is -2.17. The van der Waals surface area contributed by atoms with Gasteiger partial charge in [0.15, 0.2) is 0 Å². The molecule has 4 heteroatoms. The molecule has 0 spiro atoms. The standard InChI is InChI=1S/C16H26O4/c1-3-4-5-6-7-10-14-15(20-13-19-14)11-8-9-12-16(17)18-2/h7-8,10-11,14-15H,3-6,9,12-13H2,1-2H3/b10-7-,11-8-/t14-,15-/m0/s1. The normalized spacial score (nSPS) is 22.9. The summed E-state index contributed by atoms with van der Waals surface area (Å²) in [5.41, 5.74) is 0. The van der Waals surface area contributed by atoms with E-state index < -0.39 is 0 Å². The number of esters is 1. The van der Waals surface area contributed by atoms with Crippen LogP contribution in [0.3, 0.4) is 0 Å². The molecule has 0 aromatic rings. The zero-order valence-electron chi connectivity index (χ0n) is 12.5. The third-order valence-electron chi connectivity index (χ3n) is 3.21. The third kappa shape index (κ3) is 6.87. The van der Waals surface area contributed by atoms with Crippen molar-refractivity contribution >= 4 is 5.97 Å². The van der Waals surface area contributed by atoms with Gasteiger partial charge >= 0.3 is 5.97 Å². The van der Waals surface area contributed by atoms with Gasteiger partial charge in [0.05, 0.1) is 7.11 Å². The average Bonchev–Trinajstić information content (AvgIpc) is 2.90. The third-order valence-corrected chi connectivity index (χ3v) is 3.21. The summed E-state index contributed by atoms with van der Waals surface area (Å²) in [6.07, 6.45) is 14.0. The van der Waals surface area contributed by atoms with E-state index in [2.05, 4.69) is 23.8 Å². The molecule has 0 N–H and O–H groups in total. The maximum atomic E-state index is 11.0. The predicted octanol–water partition coefficient (Wildman–Crippen LogP) is 3.37. The maximum absolute atomic E-state index is 11.0. The highest BCUT2D eigenvalue weighted by Crippen LogP contribution is 2.16. The first-order chi connectivity index (χ1) is 9.77. The van der Waals surface area contributed by atoms with Crippen molar-refractivity contribution in [1.82, 2.24) is 0 Å². The topological polar surface area (TPSA) is 44.8 Å². The molecule has 1 saturated heterocycles. The van der Waals surface area contributed by atoms with Gasteiger partial charge in [-0.05, 0) is 19.3 Å². The van der Waals surface area contributed by atoms with Crippen molar-refractivity contribution in [2.45, 2.75) is 57.7 Å². The molecule has 4 nitrogen and oxygen atoms in total. The number of carbonyl (C=O) groups is 1. The quantitative estimate of drug-likeness (QED) is 0.369. The highest BCUT2D eigenvalue weighted by Gasteiger charge is 2.24. The second-order valence-electron chi connectivity index (χ2n) is 4.85. The SMILES string of the molecule is CCCCC/C=C\[C@@H]1OCO[C@H]1/C=C\CCC(=O)OC. The molecule has 2 atom stereocenters. The summed E-state index contributed by atoms with van der Waals surface area (Å²) < 4.78 is 15.6. The Bertz CT molecular complexity index is 322. The number of methoxy groups -OCH3 is 1. The molecule has 0 aliphatic carbocycles. The summed E-state index contributed by atoms with van der Waals surface area (Å²) in [7, 11) is 1.40. The summed E-state index contributed by atoms with van der Waals surface area (Å²) in [5.74, 6) is -0.189. The van der Waals surface area contributed by atoms with Crippen LogP contribution < -0.4 is 0 Å². The minimum atomic E-state index is -0.189. The van der Waals surface area contributed by atoms with Gasteiger partial charge in [-0.25, -0.2) is 0 Å². The van der Waals surface area contributed by atoms with Gasteiger partial charge in [0.25, 0.3) is 0 Å². The zero-order valence-corrected chi connectivity index (χ0v) is 12.5. The first-order valence-corrected chi connectivity index (χ1v) is 7.41. The number of ether oxygens (including phenoxy) is 3. The molecule has 0 saturated carbocycles. The second kappa shape index (κ2) is 10.6. The molecule has 1 aliphatic rings. The molecule has 114 valence electrons. The van der Waals surface area contributed by atoms with Crippen LogP contribution in [-0.2, 0) is 19.0 Å². The van der Waals surface area contributed by atoms with Gasteiger partial charge in [-0.3, -0.25) is 4.79 Å². The maximum Gasteiger partial charge on any atom is 0.305 e. The van der Waals surface area contributed by atoms with Crippen LogP contribution in [0, 0.1) is 0 Å². The van der Waals surface area contributed by atoms with Gasteiger partial charge in [0.1, 0.15) is 19.0 Å². The highest BCUT2D eigenvalue weighted by molar-refractivity contribution is 5.69. The summed E-state index contributed by atoms with van der Waals surface area (Å²) >= 11 is 0. The summed E-state index contributed by atoms with van der Waals surface area (Å²) in [4.78, 5) is 11.0. The van der Waals surface area contributed by atoms with E-state index in [-0.39, 0.29) is 18.2 Å². The largest absolute Gasteiger partial charge is 0.469 e. The fourth-order valence-corrected chi connectivity index (χ4v) is 1.99. The van der Waals surface area contributed by atoms with Crippen molar-refractivity contribution in [3.8, 4) is 0 Å². The van der Waals surface area contributed by atoms with E-state index >= 15 is 0 Å². The molecule has 1 heterocycles. The van der Waals surface area contributed by atoms with E-state index in [0.29, 0.717) is 19.6 Å². The molecule has 0 aromatic carbocycles. The van der Waals surface area contributed by atoms with Crippen molar-refractivity contribution < 1.29 is 19.0 Å². The van der Waals surface area contributed by atoms with E-state index in [1.54, 1.807) is 0 Å². The Morgan fingerprint density at radius 2 is 1.80 bits per heavy atom. The van der Waals surface area contributed by atoms with Gasteiger partial charge in [0, 0.05) is 6.42 Å². The number of unbranched alkanes of at least 4 members (excludes halogenated alkanes) is 3. The Kier molecular flexibility index (Phi) is 9.00. The Morgan fingerprint density at radius 1 is 1.15 bits per heavy atom. The molecule has 1 rings (SSSR count). The Morgan fingerprint density at radius 3 is 2.40 bits per heavy atom. The van der Waals surface area contributed by atoms with Crippen molar-refractivity contribution in [1.29, 1.82) is 0 Å². The highest BCUT2D eigenvalue weighted by atomic mass is 16.7. The van der Waals surface area contributed by atoms with E-state index in [1.165, 1.54) is 26.4 Å². The molecule has 1 fully saturated rings. The number of hydrogen-bond acceptors (Lipinski definition) is 4. The average molecular weight is 282 g/mol. The molecule has 0 aromatic heterocycles. The van der Waals surface area contributed by atoms with Crippen LogP contribution in [0.25, 0.3) is 0 Å². The van der Waals surface area contributed by atoms with Crippen molar-refractivity contribution in [3.63, 3.8) is 0 Å².